The maximum atomic E-state index is 13.0. The van der Waals surface area contributed by atoms with Gasteiger partial charge in [-0.05, 0) is 53.9 Å². The van der Waals surface area contributed by atoms with Crippen molar-refractivity contribution < 1.29 is 8.42 Å². The van der Waals surface area contributed by atoms with Crippen LogP contribution in [0.2, 0.25) is 5.02 Å². The largest absolute Gasteiger partial charge is 0.315 e. The van der Waals surface area contributed by atoms with E-state index in [1.54, 1.807) is 22.5 Å². The van der Waals surface area contributed by atoms with Gasteiger partial charge in [-0.3, -0.25) is 0 Å². The molecule has 21 heavy (non-hydrogen) atoms. The molecule has 2 aliphatic rings. The molecule has 118 valence electrons. The third kappa shape index (κ3) is 3.41. The highest BCUT2D eigenvalue weighted by Gasteiger charge is 2.44. The Morgan fingerprint density at radius 2 is 1.95 bits per heavy atom. The van der Waals surface area contributed by atoms with Gasteiger partial charge in [0, 0.05) is 23.1 Å². The van der Waals surface area contributed by atoms with Crippen molar-refractivity contribution in [2.45, 2.75) is 36.2 Å². The SMILES string of the molecule is Cl.O=S(=O)(c1cccc(Br)c1Cl)N(C1CC1)C1CCNC1. The molecule has 1 saturated heterocycles. The second-order valence-electron chi connectivity index (χ2n) is 5.26. The molecule has 0 aromatic heterocycles. The van der Waals surface area contributed by atoms with Crippen molar-refractivity contribution in [3.05, 3.63) is 27.7 Å². The van der Waals surface area contributed by atoms with Crippen LogP contribution in [0.5, 0.6) is 0 Å². The Bertz CT molecular complexity index is 617. The predicted octanol–water partition coefficient (Wildman–Crippen LogP) is 3.04. The Morgan fingerprint density at radius 1 is 1.24 bits per heavy atom. The van der Waals surface area contributed by atoms with Gasteiger partial charge in [-0.15, -0.1) is 12.4 Å². The molecule has 1 saturated carbocycles. The van der Waals surface area contributed by atoms with Crippen molar-refractivity contribution in [1.29, 1.82) is 0 Å². The molecule has 1 aliphatic carbocycles. The summed E-state index contributed by atoms with van der Waals surface area (Å²) in [6.07, 6.45) is 2.75. The molecule has 1 unspecified atom stereocenters. The Labute approximate surface area is 144 Å². The first-order valence-corrected chi connectivity index (χ1v) is 9.31. The zero-order valence-electron chi connectivity index (χ0n) is 11.3. The van der Waals surface area contributed by atoms with Crippen LogP contribution in [0.25, 0.3) is 0 Å². The maximum Gasteiger partial charge on any atom is 0.245 e. The van der Waals surface area contributed by atoms with Gasteiger partial charge in [0.25, 0.3) is 0 Å². The van der Waals surface area contributed by atoms with Crippen LogP contribution in [0, 0.1) is 0 Å². The van der Waals surface area contributed by atoms with Crippen molar-refractivity contribution in [3.63, 3.8) is 0 Å². The van der Waals surface area contributed by atoms with Gasteiger partial charge in [0.05, 0.1) is 5.02 Å². The van der Waals surface area contributed by atoms with Crippen LogP contribution in [0.1, 0.15) is 19.3 Å². The maximum absolute atomic E-state index is 13.0. The molecule has 2 fully saturated rings. The van der Waals surface area contributed by atoms with E-state index in [9.17, 15) is 8.42 Å². The number of benzene rings is 1. The van der Waals surface area contributed by atoms with Crippen molar-refractivity contribution in [1.82, 2.24) is 9.62 Å². The lowest BCUT2D eigenvalue weighted by Gasteiger charge is -2.28. The smallest absolute Gasteiger partial charge is 0.245 e. The molecule has 1 N–H and O–H groups in total. The van der Waals surface area contributed by atoms with Gasteiger partial charge in [-0.25, -0.2) is 8.42 Å². The molecule has 1 aromatic carbocycles. The normalized spacial score (nSPS) is 22.3. The Kier molecular flexibility index (Phi) is 5.60. The third-order valence-electron chi connectivity index (χ3n) is 3.77. The fourth-order valence-electron chi connectivity index (χ4n) is 2.67. The number of hydrogen-bond acceptors (Lipinski definition) is 3. The van der Waals surface area contributed by atoms with Gasteiger partial charge in [0.2, 0.25) is 10.0 Å². The summed E-state index contributed by atoms with van der Waals surface area (Å²) in [7, 11) is -3.54. The molecule has 0 spiro atoms. The van der Waals surface area contributed by atoms with Gasteiger partial charge in [0.15, 0.2) is 0 Å². The molecule has 1 atom stereocenters. The summed E-state index contributed by atoms with van der Waals surface area (Å²) >= 11 is 9.48. The van der Waals surface area contributed by atoms with E-state index >= 15 is 0 Å². The summed E-state index contributed by atoms with van der Waals surface area (Å²) in [5.41, 5.74) is 0. The van der Waals surface area contributed by atoms with E-state index in [2.05, 4.69) is 21.2 Å². The van der Waals surface area contributed by atoms with Crippen LogP contribution in [0.4, 0.5) is 0 Å². The van der Waals surface area contributed by atoms with Crippen LogP contribution in [0.15, 0.2) is 27.6 Å². The van der Waals surface area contributed by atoms with Crippen molar-refractivity contribution in [3.8, 4) is 0 Å². The number of rotatable bonds is 4. The first-order chi connectivity index (χ1) is 9.51. The van der Waals surface area contributed by atoms with E-state index in [0.29, 0.717) is 4.47 Å². The Balaban J connectivity index is 0.00000161. The lowest BCUT2D eigenvalue weighted by atomic mass is 10.2. The minimum absolute atomic E-state index is 0. The summed E-state index contributed by atoms with van der Waals surface area (Å²) in [5, 5.41) is 3.50. The van der Waals surface area contributed by atoms with Gasteiger partial charge < -0.3 is 5.32 Å². The topological polar surface area (TPSA) is 49.4 Å². The summed E-state index contributed by atoms with van der Waals surface area (Å²) in [4.78, 5) is 0.201. The highest BCUT2D eigenvalue weighted by atomic mass is 79.9. The zero-order valence-corrected chi connectivity index (χ0v) is 15.2. The second-order valence-corrected chi connectivity index (χ2v) is 8.31. The van der Waals surface area contributed by atoms with E-state index in [4.69, 9.17) is 11.6 Å². The summed E-state index contributed by atoms with van der Waals surface area (Å²) in [6, 6.07) is 5.23. The van der Waals surface area contributed by atoms with Gasteiger partial charge in [0.1, 0.15) is 4.90 Å². The highest BCUT2D eigenvalue weighted by molar-refractivity contribution is 9.10. The molecule has 1 aromatic rings. The standard InChI is InChI=1S/C13H16BrClN2O2S.ClH/c14-11-2-1-3-12(13(11)15)20(18,19)17(9-4-5-9)10-6-7-16-8-10;/h1-3,9-10,16H,4-8H2;1H. The molecule has 3 rings (SSSR count). The zero-order chi connectivity index (χ0) is 14.3. The minimum Gasteiger partial charge on any atom is -0.315 e. The van der Waals surface area contributed by atoms with Crippen LogP contribution in [-0.4, -0.2) is 37.9 Å². The number of sulfonamides is 1. The Hall–Kier alpha value is 0.150. The summed E-state index contributed by atoms with van der Waals surface area (Å²) in [6.45, 7) is 1.59. The molecular formula is C13H17BrCl2N2O2S. The van der Waals surface area contributed by atoms with Gasteiger partial charge in [-0.1, -0.05) is 17.7 Å². The lowest BCUT2D eigenvalue weighted by molar-refractivity contribution is 0.327. The van der Waals surface area contributed by atoms with Crippen molar-refractivity contribution >= 4 is 50.0 Å². The average Bonchev–Trinajstić information content (AvgIpc) is 3.07. The molecule has 0 amide bonds. The van der Waals surface area contributed by atoms with E-state index in [0.717, 1.165) is 32.4 Å². The van der Waals surface area contributed by atoms with E-state index < -0.39 is 10.0 Å². The number of halogens is 3. The van der Waals surface area contributed by atoms with Gasteiger partial charge in [-0.2, -0.15) is 4.31 Å². The van der Waals surface area contributed by atoms with E-state index in [-0.39, 0.29) is 34.4 Å². The molecule has 8 heteroatoms. The van der Waals surface area contributed by atoms with Crippen LogP contribution >= 0.6 is 39.9 Å². The predicted molar refractivity (Wildman–Crippen MR) is 89.7 cm³/mol. The molecule has 0 radical (unpaired) electrons. The van der Waals surface area contributed by atoms with Crippen LogP contribution in [-0.2, 0) is 10.0 Å². The third-order valence-corrected chi connectivity index (χ3v) is 7.23. The molecule has 4 nitrogen and oxygen atoms in total. The van der Waals surface area contributed by atoms with Crippen molar-refractivity contribution in [2.75, 3.05) is 13.1 Å². The monoisotopic (exact) mass is 414 g/mol. The first-order valence-electron chi connectivity index (χ1n) is 6.70. The van der Waals surface area contributed by atoms with Gasteiger partial charge >= 0.3 is 0 Å². The fraction of sp³-hybridized carbons (Fsp3) is 0.538. The van der Waals surface area contributed by atoms with Crippen LogP contribution in [0.3, 0.4) is 0 Å². The number of hydrogen-bond donors (Lipinski definition) is 1. The summed E-state index contributed by atoms with van der Waals surface area (Å²) < 4.78 is 28.2. The number of nitrogens with one attached hydrogen (secondary N) is 1. The van der Waals surface area contributed by atoms with Crippen molar-refractivity contribution in [2.24, 2.45) is 0 Å². The summed E-state index contributed by atoms with van der Waals surface area (Å²) in [5.74, 6) is 0. The quantitative estimate of drug-likeness (QED) is 0.821. The molecular weight excluding hydrogens is 399 g/mol. The highest BCUT2D eigenvalue weighted by Crippen LogP contribution is 2.38. The lowest BCUT2D eigenvalue weighted by Crippen LogP contribution is -2.43. The minimum atomic E-state index is -3.54. The van der Waals surface area contributed by atoms with E-state index in [1.807, 2.05) is 0 Å². The average molecular weight is 416 g/mol. The molecule has 1 heterocycles. The Morgan fingerprint density at radius 3 is 2.52 bits per heavy atom. The fourth-order valence-corrected chi connectivity index (χ4v) is 5.58. The second kappa shape index (κ2) is 6.72. The van der Waals surface area contributed by atoms with Crippen LogP contribution < -0.4 is 5.32 Å². The number of nitrogens with zero attached hydrogens (tertiary/aromatic N) is 1. The first kappa shape index (κ1) is 17.5. The molecule has 1 aliphatic heterocycles. The molecule has 0 bridgehead atoms. The van der Waals surface area contributed by atoms with E-state index in [1.165, 1.54) is 0 Å².